The van der Waals surface area contributed by atoms with Gasteiger partial charge in [0.2, 0.25) is 0 Å². The molecule has 0 unspecified atom stereocenters. The van der Waals surface area contributed by atoms with Gasteiger partial charge in [-0.25, -0.2) is 4.79 Å². The fraction of sp³-hybridized carbons (Fsp3) is 0.609. The van der Waals surface area contributed by atoms with Gasteiger partial charge in [-0.1, -0.05) is 65.2 Å². The number of unbranched alkanes of at least 4 members (excludes halogenated alkanes) is 3. The Kier molecular flexibility index (Phi) is 11.3. The Labute approximate surface area is 178 Å². The average Bonchev–Trinajstić information content (AvgIpc) is 2.74. The summed E-state index contributed by atoms with van der Waals surface area (Å²) in [6.07, 6.45) is 10.7. The topological polar surface area (TPSA) is 38.8 Å². The van der Waals surface area contributed by atoms with Crippen molar-refractivity contribution in [2.45, 2.75) is 70.1 Å². The molecule has 0 bridgehead atoms. The van der Waals surface area contributed by atoms with Gasteiger partial charge in [0.05, 0.1) is 6.10 Å². The van der Waals surface area contributed by atoms with Crippen LogP contribution in [0.5, 0.6) is 0 Å². The van der Waals surface area contributed by atoms with Crippen LogP contribution in [0.1, 0.15) is 56.9 Å². The van der Waals surface area contributed by atoms with Gasteiger partial charge in [0, 0.05) is 24.5 Å². The van der Waals surface area contributed by atoms with E-state index < -0.39 is 0 Å². The van der Waals surface area contributed by atoms with Gasteiger partial charge >= 0.3 is 6.09 Å². The summed E-state index contributed by atoms with van der Waals surface area (Å²) in [6.45, 7) is 5.49. The van der Waals surface area contributed by atoms with Crippen molar-refractivity contribution in [3.8, 4) is 0 Å². The van der Waals surface area contributed by atoms with Gasteiger partial charge in [0.25, 0.3) is 0 Å². The van der Waals surface area contributed by atoms with Crippen LogP contribution in [0, 0.1) is 0 Å². The first kappa shape index (κ1) is 23.0. The maximum Gasteiger partial charge on any atom is 0.410 e. The molecule has 1 fully saturated rings. The number of alkyl halides is 1. The number of nitrogens with zero attached hydrogens (tertiary/aromatic N) is 1. The lowest BCUT2D eigenvalue weighted by Gasteiger charge is -2.35. The zero-order valence-corrected chi connectivity index (χ0v) is 18.4. The van der Waals surface area contributed by atoms with E-state index in [1.165, 1.54) is 19.3 Å². The zero-order chi connectivity index (χ0) is 20.0. The Morgan fingerprint density at radius 3 is 2.50 bits per heavy atom. The third kappa shape index (κ3) is 8.36. The smallest absolute Gasteiger partial charge is 0.410 e. The Bertz CT molecular complexity index is 558. The lowest BCUT2D eigenvalue weighted by atomic mass is 9.92. The molecule has 156 valence electrons. The molecular formula is C23H34BrNO3. The number of rotatable bonds is 12. The number of benzene rings is 1. The summed E-state index contributed by atoms with van der Waals surface area (Å²) in [4.78, 5) is 14.4. The van der Waals surface area contributed by atoms with Crippen molar-refractivity contribution in [3.63, 3.8) is 0 Å². The molecular weight excluding hydrogens is 418 g/mol. The highest BCUT2D eigenvalue weighted by Gasteiger charge is 2.29. The van der Waals surface area contributed by atoms with Crippen LogP contribution in [0.4, 0.5) is 4.79 Å². The predicted octanol–water partition coefficient (Wildman–Crippen LogP) is 6.09. The molecule has 0 saturated heterocycles. The Morgan fingerprint density at radius 2 is 1.82 bits per heavy atom. The Hall–Kier alpha value is -1.33. The minimum Gasteiger partial charge on any atom is -0.445 e. The number of carbonyl (C=O) groups excluding carboxylic acids is 1. The first-order valence-electron chi connectivity index (χ1n) is 10.5. The largest absolute Gasteiger partial charge is 0.445 e. The first-order valence-corrected chi connectivity index (χ1v) is 11.6. The van der Waals surface area contributed by atoms with Gasteiger partial charge in [-0.2, -0.15) is 0 Å². The number of carbonyl (C=O) groups is 1. The third-order valence-electron chi connectivity index (χ3n) is 5.23. The molecule has 0 heterocycles. The first-order chi connectivity index (χ1) is 13.7. The van der Waals surface area contributed by atoms with Gasteiger partial charge in [-0.3, -0.25) is 0 Å². The molecule has 0 aliphatic heterocycles. The van der Waals surface area contributed by atoms with Crippen molar-refractivity contribution in [2.75, 3.05) is 18.5 Å². The predicted molar refractivity (Wildman–Crippen MR) is 118 cm³/mol. The summed E-state index contributed by atoms with van der Waals surface area (Å²) in [5, 5.41) is 1.09. The molecule has 1 aromatic carbocycles. The normalized spacial score (nSPS) is 19.2. The van der Waals surface area contributed by atoms with Crippen molar-refractivity contribution < 1.29 is 14.3 Å². The SMILES string of the molecule is C=CCN(C(=O)OCc1ccccc1)C1CCC(OCCCCCCBr)CC1. The molecule has 0 spiro atoms. The number of hydrogen-bond acceptors (Lipinski definition) is 3. The molecule has 1 aromatic rings. The summed E-state index contributed by atoms with van der Waals surface area (Å²) < 4.78 is 11.6. The van der Waals surface area contributed by atoms with Crippen LogP contribution in [-0.4, -0.2) is 41.6 Å². The van der Waals surface area contributed by atoms with E-state index in [0.29, 0.717) is 19.3 Å². The third-order valence-corrected chi connectivity index (χ3v) is 5.79. The summed E-state index contributed by atoms with van der Waals surface area (Å²) in [5.74, 6) is 0. The molecule has 28 heavy (non-hydrogen) atoms. The van der Waals surface area contributed by atoms with E-state index in [0.717, 1.165) is 49.6 Å². The second kappa shape index (κ2) is 13.8. The average molecular weight is 452 g/mol. The fourth-order valence-electron chi connectivity index (χ4n) is 3.64. The van der Waals surface area contributed by atoms with Crippen LogP contribution < -0.4 is 0 Å². The molecule has 1 aliphatic rings. The van der Waals surface area contributed by atoms with Crippen LogP contribution >= 0.6 is 15.9 Å². The van der Waals surface area contributed by atoms with E-state index in [9.17, 15) is 4.79 Å². The van der Waals surface area contributed by atoms with E-state index in [4.69, 9.17) is 9.47 Å². The Morgan fingerprint density at radius 1 is 1.11 bits per heavy atom. The summed E-state index contributed by atoms with van der Waals surface area (Å²) in [7, 11) is 0. The van der Waals surface area contributed by atoms with Gasteiger partial charge in [-0.15, -0.1) is 6.58 Å². The van der Waals surface area contributed by atoms with Gasteiger partial charge < -0.3 is 14.4 Å². The summed E-state index contributed by atoms with van der Waals surface area (Å²) in [6, 6.07) is 10.0. The molecule has 0 radical (unpaired) electrons. The van der Waals surface area contributed by atoms with Crippen molar-refractivity contribution in [3.05, 3.63) is 48.6 Å². The van der Waals surface area contributed by atoms with Crippen molar-refractivity contribution in [2.24, 2.45) is 0 Å². The number of ether oxygens (including phenoxy) is 2. The fourth-order valence-corrected chi connectivity index (χ4v) is 4.03. The quantitative estimate of drug-likeness (QED) is 0.219. The van der Waals surface area contributed by atoms with Crippen LogP contribution in [0.15, 0.2) is 43.0 Å². The lowest BCUT2D eigenvalue weighted by Crippen LogP contribution is -2.43. The van der Waals surface area contributed by atoms with E-state index in [2.05, 4.69) is 22.5 Å². The lowest BCUT2D eigenvalue weighted by molar-refractivity contribution is 0.00497. The minimum atomic E-state index is -0.250. The molecule has 1 amide bonds. The zero-order valence-electron chi connectivity index (χ0n) is 16.9. The minimum absolute atomic E-state index is 0.208. The highest BCUT2D eigenvalue weighted by atomic mass is 79.9. The molecule has 1 saturated carbocycles. The van der Waals surface area contributed by atoms with E-state index in [1.54, 1.807) is 6.08 Å². The second-order valence-electron chi connectivity index (χ2n) is 7.39. The Balaban J connectivity index is 1.71. The van der Waals surface area contributed by atoms with Crippen LogP contribution in [0.25, 0.3) is 0 Å². The van der Waals surface area contributed by atoms with E-state index in [-0.39, 0.29) is 12.1 Å². The van der Waals surface area contributed by atoms with Crippen molar-refractivity contribution in [1.82, 2.24) is 4.90 Å². The molecule has 0 atom stereocenters. The monoisotopic (exact) mass is 451 g/mol. The van der Waals surface area contributed by atoms with Crippen LogP contribution in [0.3, 0.4) is 0 Å². The second-order valence-corrected chi connectivity index (χ2v) is 8.18. The summed E-state index contributed by atoms with van der Waals surface area (Å²) in [5.41, 5.74) is 1.00. The summed E-state index contributed by atoms with van der Waals surface area (Å²) >= 11 is 3.47. The number of amides is 1. The number of halogens is 1. The molecule has 5 heteroatoms. The van der Waals surface area contributed by atoms with Gasteiger partial charge in [0.1, 0.15) is 6.61 Å². The standard InChI is InChI=1S/C23H34BrNO3/c1-2-17-25(23(26)28-19-20-10-6-5-7-11-20)21-12-14-22(15-13-21)27-18-9-4-3-8-16-24/h2,5-7,10-11,21-22H,1,3-4,8-9,12-19H2. The van der Waals surface area contributed by atoms with Crippen LogP contribution in [-0.2, 0) is 16.1 Å². The van der Waals surface area contributed by atoms with E-state index in [1.807, 2.05) is 35.2 Å². The van der Waals surface area contributed by atoms with Crippen molar-refractivity contribution in [1.29, 1.82) is 0 Å². The van der Waals surface area contributed by atoms with Crippen LogP contribution in [0.2, 0.25) is 0 Å². The maximum atomic E-state index is 12.6. The van der Waals surface area contributed by atoms with Gasteiger partial charge in [-0.05, 0) is 44.1 Å². The van der Waals surface area contributed by atoms with E-state index >= 15 is 0 Å². The highest BCUT2D eigenvalue weighted by Crippen LogP contribution is 2.26. The highest BCUT2D eigenvalue weighted by molar-refractivity contribution is 9.09. The molecule has 4 nitrogen and oxygen atoms in total. The number of hydrogen-bond donors (Lipinski definition) is 0. The molecule has 2 rings (SSSR count). The molecule has 0 N–H and O–H groups in total. The molecule has 1 aliphatic carbocycles. The maximum absolute atomic E-state index is 12.6. The van der Waals surface area contributed by atoms with Gasteiger partial charge in [0.15, 0.2) is 0 Å². The molecule has 0 aromatic heterocycles. The van der Waals surface area contributed by atoms with Crippen molar-refractivity contribution >= 4 is 22.0 Å².